The third kappa shape index (κ3) is 3.36. The monoisotopic (exact) mass is 365 g/mol. The fourth-order valence-electron chi connectivity index (χ4n) is 3.10. The van der Waals surface area contributed by atoms with Gasteiger partial charge in [0.05, 0.1) is 17.2 Å². The molecule has 3 aromatic rings. The van der Waals surface area contributed by atoms with Gasteiger partial charge in [-0.05, 0) is 36.8 Å². The van der Waals surface area contributed by atoms with Crippen LogP contribution in [0.4, 0.5) is 0 Å². The summed E-state index contributed by atoms with van der Waals surface area (Å²) in [5.41, 5.74) is 1.35. The van der Waals surface area contributed by atoms with E-state index in [9.17, 15) is 9.59 Å². The molecule has 4 rings (SSSR count). The van der Waals surface area contributed by atoms with Crippen molar-refractivity contribution in [1.82, 2.24) is 14.5 Å². The number of hydrogen-bond acceptors (Lipinski definition) is 5. The highest BCUT2D eigenvalue weighted by Gasteiger charge is 2.17. The van der Waals surface area contributed by atoms with Gasteiger partial charge in [-0.2, -0.15) is 0 Å². The Morgan fingerprint density at radius 1 is 1.19 bits per heavy atom. The van der Waals surface area contributed by atoms with Crippen LogP contribution in [0.1, 0.15) is 12.5 Å². The van der Waals surface area contributed by atoms with Gasteiger partial charge in [0.1, 0.15) is 6.54 Å². The third-order valence-corrected chi connectivity index (χ3v) is 4.58. The minimum atomic E-state index is -0.215. The van der Waals surface area contributed by atoms with Gasteiger partial charge in [0.15, 0.2) is 11.5 Å². The predicted octanol–water partition coefficient (Wildman–Crippen LogP) is 2.17. The van der Waals surface area contributed by atoms with Gasteiger partial charge in [0.2, 0.25) is 12.7 Å². The first kappa shape index (κ1) is 17.1. The Kier molecular flexibility index (Phi) is 4.50. The molecule has 0 aliphatic carbocycles. The summed E-state index contributed by atoms with van der Waals surface area (Å²) in [6, 6.07) is 12.7. The highest BCUT2D eigenvalue weighted by molar-refractivity contribution is 5.79. The molecule has 7 heteroatoms. The molecule has 0 atom stereocenters. The van der Waals surface area contributed by atoms with E-state index in [4.69, 9.17) is 9.47 Å². The quantitative estimate of drug-likeness (QED) is 0.693. The van der Waals surface area contributed by atoms with Crippen LogP contribution in [0.5, 0.6) is 11.5 Å². The van der Waals surface area contributed by atoms with Crippen LogP contribution >= 0.6 is 0 Å². The first-order chi connectivity index (χ1) is 13.2. The molecule has 138 valence electrons. The van der Waals surface area contributed by atoms with Crippen LogP contribution in [-0.2, 0) is 17.9 Å². The molecule has 0 spiro atoms. The Morgan fingerprint density at radius 2 is 2.00 bits per heavy atom. The molecule has 0 saturated heterocycles. The molecule has 1 amide bonds. The van der Waals surface area contributed by atoms with Gasteiger partial charge in [0, 0.05) is 13.1 Å². The van der Waals surface area contributed by atoms with Gasteiger partial charge in [0.25, 0.3) is 5.56 Å². The molecule has 1 aromatic heterocycles. The zero-order chi connectivity index (χ0) is 18.8. The molecule has 0 radical (unpaired) electrons. The van der Waals surface area contributed by atoms with Gasteiger partial charge in [-0.15, -0.1) is 0 Å². The number of nitrogens with zero attached hydrogens (tertiary/aromatic N) is 3. The number of hydrogen-bond donors (Lipinski definition) is 0. The summed E-state index contributed by atoms with van der Waals surface area (Å²) in [6.07, 6.45) is 1.43. The Balaban J connectivity index is 1.52. The van der Waals surface area contributed by atoms with Crippen molar-refractivity contribution in [3.63, 3.8) is 0 Å². The molecular weight excluding hydrogens is 346 g/mol. The number of benzene rings is 2. The lowest BCUT2D eigenvalue weighted by molar-refractivity contribution is -0.132. The van der Waals surface area contributed by atoms with Gasteiger partial charge < -0.3 is 14.4 Å². The van der Waals surface area contributed by atoms with E-state index in [2.05, 4.69) is 4.98 Å². The number of likely N-dealkylation sites (N-methyl/N-ethyl adjacent to an activating group) is 1. The van der Waals surface area contributed by atoms with E-state index in [1.54, 1.807) is 23.1 Å². The summed E-state index contributed by atoms with van der Waals surface area (Å²) in [7, 11) is 0. The number of fused-ring (bicyclic) bond motifs is 2. The zero-order valence-corrected chi connectivity index (χ0v) is 14.9. The van der Waals surface area contributed by atoms with Crippen LogP contribution < -0.4 is 15.0 Å². The lowest BCUT2D eigenvalue weighted by atomic mass is 10.2. The summed E-state index contributed by atoms with van der Waals surface area (Å²) < 4.78 is 12.1. The minimum absolute atomic E-state index is 0.0466. The van der Waals surface area contributed by atoms with Gasteiger partial charge >= 0.3 is 0 Å². The summed E-state index contributed by atoms with van der Waals surface area (Å²) in [5.74, 6) is 1.25. The largest absolute Gasteiger partial charge is 0.454 e. The summed E-state index contributed by atoms with van der Waals surface area (Å²) in [6.45, 7) is 3.04. The van der Waals surface area contributed by atoms with Gasteiger partial charge in [-0.1, -0.05) is 18.2 Å². The zero-order valence-electron chi connectivity index (χ0n) is 14.9. The van der Waals surface area contributed by atoms with Crippen molar-refractivity contribution in [3.05, 3.63) is 64.7 Å². The van der Waals surface area contributed by atoms with Crippen LogP contribution in [0, 0.1) is 0 Å². The maximum absolute atomic E-state index is 12.8. The molecule has 1 aliphatic rings. The van der Waals surface area contributed by atoms with E-state index in [0.29, 0.717) is 35.5 Å². The van der Waals surface area contributed by atoms with Crippen molar-refractivity contribution in [2.45, 2.75) is 20.0 Å². The van der Waals surface area contributed by atoms with Crippen molar-refractivity contribution in [3.8, 4) is 11.5 Å². The molecule has 27 heavy (non-hydrogen) atoms. The second kappa shape index (κ2) is 7.11. The van der Waals surface area contributed by atoms with E-state index < -0.39 is 0 Å². The van der Waals surface area contributed by atoms with Crippen LogP contribution in [0.3, 0.4) is 0 Å². The molecule has 0 unspecified atom stereocenters. The van der Waals surface area contributed by atoms with Crippen molar-refractivity contribution in [2.24, 2.45) is 0 Å². The number of amides is 1. The van der Waals surface area contributed by atoms with E-state index in [-0.39, 0.29) is 24.8 Å². The molecule has 2 aromatic carbocycles. The lowest BCUT2D eigenvalue weighted by Crippen LogP contribution is -2.36. The summed E-state index contributed by atoms with van der Waals surface area (Å²) in [5, 5.41) is 0.506. The van der Waals surface area contributed by atoms with Crippen molar-refractivity contribution < 1.29 is 14.3 Å². The number of aromatic nitrogens is 2. The second-order valence-electron chi connectivity index (χ2n) is 6.29. The second-order valence-corrected chi connectivity index (χ2v) is 6.29. The summed E-state index contributed by atoms with van der Waals surface area (Å²) in [4.78, 5) is 31.3. The Labute approximate surface area is 155 Å². The molecule has 2 heterocycles. The average molecular weight is 365 g/mol. The Hall–Kier alpha value is -3.35. The molecule has 0 N–H and O–H groups in total. The highest BCUT2D eigenvalue weighted by atomic mass is 16.7. The van der Waals surface area contributed by atoms with Crippen LogP contribution in [-0.4, -0.2) is 33.7 Å². The van der Waals surface area contributed by atoms with Crippen molar-refractivity contribution >= 4 is 16.8 Å². The van der Waals surface area contributed by atoms with Gasteiger partial charge in [-0.25, -0.2) is 4.98 Å². The SMILES string of the molecule is CCN(Cc1ccc2c(c1)OCO2)C(=O)Cn1cnc2ccccc2c1=O. The molecule has 7 nitrogen and oxygen atoms in total. The van der Waals surface area contributed by atoms with Crippen molar-refractivity contribution in [2.75, 3.05) is 13.3 Å². The fraction of sp³-hybridized carbons (Fsp3) is 0.250. The maximum Gasteiger partial charge on any atom is 0.261 e. The molecule has 1 aliphatic heterocycles. The number of rotatable bonds is 5. The van der Waals surface area contributed by atoms with E-state index >= 15 is 0 Å². The predicted molar refractivity (Wildman–Crippen MR) is 99.7 cm³/mol. The van der Waals surface area contributed by atoms with Crippen molar-refractivity contribution in [1.29, 1.82) is 0 Å². The lowest BCUT2D eigenvalue weighted by Gasteiger charge is -2.21. The minimum Gasteiger partial charge on any atom is -0.454 e. The smallest absolute Gasteiger partial charge is 0.261 e. The van der Waals surface area contributed by atoms with Crippen LogP contribution in [0.2, 0.25) is 0 Å². The fourth-order valence-corrected chi connectivity index (χ4v) is 3.10. The first-order valence-corrected chi connectivity index (χ1v) is 8.76. The third-order valence-electron chi connectivity index (χ3n) is 4.58. The molecular formula is C20H19N3O4. The van der Waals surface area contributed by atoms with Gasteiger partial charge in [-0.3, -0.25) is 14.2 Å². The number of carbonyl (C=O) groups excluding carboxylic acids is 1. The van der Waals surface area contributed by atoms with E-state index in [1.165, 1.54) is 10.9 Å². The van der Waals surface area contributed by atoms with Crippen LogP contribution in [0.25, 0.3) is 10.9 Å². The molecule has 0 saturated carbocycles. The topological polar surface area (TPSA) is 73.7 Å². The number of carbonyl (C=O) groups is 1. The molecule has 0 bridgehead atoms. The maximum atomic E-state index is 12.8. The average Bonchev–Trinajstić information content (AvgIpc) is 3.16. The Bertz CT molecular complexity index is 1060. The number of para-hydroxylation sites is 1. The Morgan fingerprint density at radius 3 is 2.85 bits per heavy atom. The van der Waals surface area contributed by atoms with E-state index in [0.717, 1.165) is 5.56 Å². The van der Waals surface area contributed by atoms with E-state index in [1.807, 2.05) is 31.2 Å². The normalized spacial score (nSPS) is 12.3. The summed E-state index contributed by atoms with van der Waals surface area (Å²) >= 11 is 0. The van der Waals surface area contributed by atoms with Crippen LogP contribution in [0.15, 0.2) is 53.6 Å². The standard InChI is InChI=1S/C20H19N3O4/c1-2-22(10-14-7-8-17-18(9-14)27-13-26-17)19(24)11-23-12-21-16-6-4-3-5-15(16)20(23)25/h3-9,12H,2,10-11,13H2,1H3. The molecule has 0 fully saturated rings. The highest BCUT2D eigenvalue weighted by Crippen LogP contribution is 2.32. The first-order valence-electron chi connectivity index (χ1n) is 8.76. The number of ether oxygens (including phenoxy) is 2.